The molecule has 0 rings (SSSR count). The van der Waals surface area contributed by atoms with Crippen LogP contribution in [0.2, 0.25) is 0 Å². The Morgan fingerprint density at radius 1 is 1.33 bits per heavy atom. The summed E-state index contributed by atoms with van der Waals surface area (Å²) in [5.41, 5.74) is 1.29. The maximum atomic E-state index is 4.16. The van der Waals surface area contributed by atoms with Gasteiger partial charge in [0, 0.05) is 12.3 Å². The molecule has 0 radical (unpaired) electrons. The van der Waals surface area contributed by atoms with Crippen LogP contribution in [0.25, 0.3) is 0 Å². The fourth-order valence-electron chi connectivity index (χ4n) is 0.364. The normalized spacial score (nSPS) is 10.8. The van der Waals surface area contributed by atoms with Crippen molar-refractivity contribution in [3.05, 3.63) is 11.6 Å². The van der Waals surface area contributed by atoms with Gasteiger partial charge in [0.2, 0.25) is 0 Å². The summed E-state index contributed by atoms with van der Waals surface area (Å²) in [6, 6.07) is 0.417. The minimum atomic E-state index is 0.417. The van der Waals surface area contributed by atoms with Crippen molar-refractivity contribution in [3.8, 4) is 0 Å². The average molecular weight is 125 g/mol. The molecule has 0 amide bonds. The minimum Gasteiger partial charge on any atom is -0.290 e. The highest BCUT2D eigenvalue weighted by Gasteiger charge is 1.79. The van der Waals surface area contributed by atoms with Crippen molar-refractivity contribution in [2.75, 3.05) is 0 Å². The lowest BCUT2D eigenvalue weighted by Gasteiger charge is -1.90. The molecule has 0 aliphatic carbocycles. The van der Waals surface area contributed by atoms with Crippen LogP contribution >= 0.6 is 0 Å². The number of hydrogen-bond donors (Lipinski definition) is 0. The largest absolute Gasteiger partial charge is 0.290 e. The Bertz CT molecular complexity index is 117. The summed E-state index contributed by atoms with van der Waals surface area (Å²) in [4.78, 5) is 4.16. The van der Waals surface area contributed by atoms with E-state index in [1.54, 1.807) is 0 Å². The zero-order valence-electron chi connectivity index (χ0n) is 6.68. The van der Waals surface area contributed by atoms with E-state index in [-0.39, 0.29) is 0 Å². The molecule has 0 spiro atoms. The maximum absolute atomic E-state index is 4.16. The maximum Gasteiger partial charge on any atom is 0.0443 e. The molecule has 52 valence electrons. The van der Waals surface area contributed by atoms with E-state index in [9.17, 15) is 0 Å². The smallest absolute Gasteiger partial charge is 0.0443 e. The summed E-state index contributed by atoms with van der Waals surface area (Å²) < 4.78 is 0. The van der Waals surface area contributed by atoms with E-state index in [0.29, 0.717) is 6.04 Å². The van der Waals surface area contributed by atoms with Crippen molar-refractivity contribution in [3.63, 3.8) is 0 Å². The van der Waals surface area contributed by atoms with Gasteiger partial charge in [-0.15, -0.1) is 0 Å². The molecule has 0 fully saturated rings. The third kappa shape index (κ3) is 7.41. The van der Waals surface area contributed by atoms with Crippen LogP contribution in [-0.4, -0.2) is 12.3 Å². The predicted octanol–water partition coefficient (Wildman–Crippen LogP) is 2.43. The molecule has 0 unspecified atom stereocenters. The lowest BCUT2D eigenvalue weighted by molar-refractivity contribution is 0.841. The van der Waals surface area contributed by atoms with Crippen LogP contribution in [0.15, 0.2) is 16.6 Å². The highest BCUT2D eigenvalue weighted by Crippen LogP contribution is 1.87. The van der Waals surface area contributed by atoms with Crippen molar-refractivity contribution >= 4 is 6.21 Å². The van der Waals surface area contributed by atoms with Gasteiger partial charge in [0.05, 0.1) is 0 Å². The third-order valence-corrected chi connectivity index (χ3v) is 0.792. The molecule has 0 aliphatic heterocycles. The van der Waals surface area contributed by atoms with Gasteiger partial charge in [-0.1, -0.05) is 5.57 Å². The van der Waals surface area contributed by atoms with Crippen molar-refractivity contribution in [1.82, 2.24) is 0 Å². The van der Waals surface area contributed by atoms with E-state index in [1.807, 2.05) is 12.3 Å². The second kappa shape index (κ2) is 4.30. The second-order valence-electron chi connectivity index (χ2n) is 2.64. The lowest BCUT2D eigenvalue weighted by atomic mass is 10.3. The van der Waals surface area contributed by atoms with E-state index in [1.165, 1.54) is 5.57 Å². The van der Waals surface area contributed by atoms with Gasteiger partial charge >= 0.3 is 0 Å². The van der Waals surface area contributed by atoms with Crippen LogP contribution < -0.4 is 0 Å². The monoisotopic (exact) mass is 125 g/mol. The molecule has 0 aliphatic rings. The molecule has 0 heterocycles. The Morgan fingerprint density at radius 3 is 2.22 bits per heavy atom. The van der Waals surface area contributed by atoms with E-state index >= 15 is 0 Å². The van der Waals surface area contributed by atoms with Gasteiger partial charge in [-0.05, 0) is 33.8 Å². The van der Waals surface area contributed by atoms with Crippen molar-refractivity contribution in [2.45, 2.75) is 33.7 Å². The molecule has 1 heteroatoms. The first-order chi connectivity index (χ1) is 4.13. The molecule has 0 aromatic heterocycles. The summed E-state index contributed by atoms with van der Waals surface area (Å²) in [5.74, 6) is 0. The van der Waals surface area contributed by atoms with E-state index < -0.39 is 0 Å². The number of hydrogen-bond acceptors (Lipinski definition) is 1. The molecular formula is C8H15N. The Morgan fingerprint density at radius 2 is 1.89 bits per heavy atom. The van der Waals surface area contributed by atoms with Gasteiger partial charge in [-0.3, -0.25) is 4.99 Å². The highest BCUT2D eigenvalue weighted by atomic mass is 14.7. The average Bonchev–Trinajstić information content (AvgIpc) is 1.63. The van der Waals surface area contributed by atoms with Gasteiger partial charge in [-0.2, -0.15) is 0 Å². The Balaban J connectivity index is 3.60. The van der Waals surface area contributed by atoms with E-state index in [0.717, 1.165) is 0 Å². The molecule has 0 saturated carbocycles. The summed E-state index contributed by atoms with van der Waals surface area (Å²) in [6.07, 6.45) is 3.88. The van der Waals surface area contributed by atoms with E-state index in [2.05, 4.69) is 32.7 Å². The van der Waals surface area contributed by atoms with Crippen molar-refractivity contribution < 1.29 is 0 Å². The summed E-state index contributed by atoms with van der Waals surface area (Å²) in [6.45, 7) is 8.25. The first-order valence-electron chi connectivity index (χ1n) is 3.29. The molecule has 0 bridgehead atoms. The van der Waals surface area contributed by atoms with Gasteiger partial charge < -0.3 is 0 Å². The molecule has 0 atom stereocenters. The van der Waals surface area contributed by atoms with Gasteiger partial charge in [0.25, 0.3) is 0 Å². The number of aliphatic imine (C=N–C) groups is 1. The Hall–Kier alpha value is -0.590. The summed E-state index contributed by atoms with van der Waals surface area (Å²) in [7, 11) is 0. The minimum absolute atomic E-state index is 0.417. The molecule has 9 heavy (non-hydrogen) atoms. The summed E-state index contributed by atoms with van der Waals surface area (Å²) in [5, 5.41) is 0. The lowest BCUT2D eigenvalue weighted by Crippen LogP contribution is -1.86. The number of allylic oxidation sites excluding steroid dienone is 2. The van der Waals surface area contributed by atoms with E-state index in [4.69, 9.17) is 0 Å². The highest BCUT2D eigenvalue weighted by molar-refractivity contribution is 5.71. The molecule has 0 aromatic carbocycles. The fourth-order valence-corrected chi connectivity index (χ4v) is 0.364. The first kappa shape index (κ1) is 8.41. The van der Waals surface area contributed by atoms with Crippen LogP contribution in [0.4, 0.5) is 0 Å². The number of nitrogens with zero attached hydrogens (tertiary/aromatic N) is 1. The number of rotatable bonds is 2. The van der Waals surface area contributed by atoms with Crippen LogP contribution in [0.1, 0.15) is 27.7 Å². The van der Waals surface area contributed by atoms with Crippen molar-refractivity contribution in [2.24, 2.45) is 4.99 Å². The summed E-state index contributed by atoms with van der Waals surface area (Å²) >= 11 is 0. The van der Waals surface area contributed by atoms with Crippen LogP contribution in [-0.2, 0) is 0 Å². The molecular weight excluding hydrogens is 110 g/mol. The van der Waals surface area contributed by atoms with Crippen LogP contribution in [0.5, 0.6) is 0 Å². The van der Waals surface area contributed by atoms with Crippen LogP contribution in [0, 0.1) is 0 Å². The predicted molar refractivity (Wildman–Crippen MR) is 43.1 cm³/mol. The topological polar surface area (TPSA) is 12.4 Å². The van der Waals surface area contributed by atoms with Gasteiger partial charge in [0.15, 0.2) is 0 Å². The first-order valence-corrected chi connectivity index (χ1v) is 3.29. The zero-order chi connectivity index (χ0) is 7.28. The standard InChI is InChI=1S/C8H15N/c1-7(2)5-6-9-8(3)4/h5-6,8H,1-4H3/b9-6+. The molecule has 0 N–H and O–H groups in total. The third-order valence-electron chi connectivity index (χ3n) is 0.792. The molecule has 0 aromatic rings. The second-order valence-corrected chi connectivity index (χ2v) is 2.64. The fraction of sp³-hybridized carbons (Fsp3) is 0.625. The van der Waals surface area contributed by atoms with Crippen molar-refractivity contribution in [1.29, 1.82) is 0 Å². The Kier molecular flexibility index (Phi) is 4.02. The SMILES string of the molecule is CC(C)=C/C=N/C(C)C. The van der Waals surface area contributed by atoms with Gasteiger partial charge in [-0.25, -0.2) is 0 Å². The molecule has 0 saturated heterocycles. The van der Waals surface area contributed by atoms with Crippen LogP contribution in [0.3, 0.4) is 0 Å². The zero-order valence-corrected chi connectivity index (χ0v) is 6.68. The quantitative estimate of drug-likeness (QED) is 0.503. The molecule has 1 nitrogen and oxygen atoms in total. The van der Waals surface area contributed by atoms with Gasteiger partial charge in [0.1, 0.15) is 0 Å². The Labute approximate surface area is 57.5 Å².